The molecular weight excluding hydrogens is 462 g/mol. The predicted molar refractivity (Wildman–Crippen MR) is 145 cm³/mol. The van der Waals surface area contributed by atoms with Gasteiger partial charge in [-0.3, -0.25) is 9.59 Å². The van der Waals surface area contributed by atoms with E-state index < -0.39 is 23.8 Å². The van der Waals surface area contributed by atoms with Gasteiger partial charge < -0.3 is 20.3 Å². The summed E-state index contributed by atoms with van der Waals surface area (Å²) in [7, 11) is 0. The molecule has 0 spiro atoms. The van der Waals surface area contributed by atoms with Crippen LogP contribution >= 0.6 is 11.8 Å². The van der Waals surface area contributed by atoms with Crippen molar-refractivity contribution in [3.8, 4) is 0 Å². The lowest BCUT2D eigenvalue weighted by molar-refractivity contribution is -0.142. The van der Waals surface area contributed by atoms with Gasteiger partial charge in [0.25, 0.3) is 0 Å². The molecule has 0 aliphatic rings. The van der Waals surface area contributed by atoms with E-state index in [1.807, 2.05) is 44.4 Å². The van der Waals surface area contributed by atoms with E-state index in [0.29, 0.717) is 24.3 Å². The Hall–Kier alpha value is -2.48. The van der Waals surface area contributed by atoms with Crippen LogP contribution in [0.1, 0.15) is 78.0 Å². The van der Waals surface area contributed by atoms with Gasteiger partial charge in [-0.1, -0.05) is 44.2 Å². The minimum atomic E-state index is -0.844. The molecule has 196 valence electrons. The topological polar surface area (TPSA) is 87.7 Å². The Kier molecular flexibility index (Phi) is 12.9. The summed E-state index contributed by atoms with van der Waals surface area (Å²) in [5.41, 5.74) is 0.862. The van der Waals surface area contributed by atoms with Crippen molar-refractivity contribution in [3.05, 3.63) is 42.0 Å². The number of carbonyl (C=O) groups excluding carboxylic acids is 3. The minimum Gasteiger partial charge on any atom is -0.444 e. The number of hydrogen-bond donors (Lipinski definition) is 2. The maximum absolute atomic E-state index is 13.8. The summed E-state index contributed by atoms with van der Waals surface area (Å²) in [6.45, 7) is 15.3. The number of benzene rings is 1. The number of amides is 3. The standard InChI is InChI=1S/C27H43N3O4S/c1-9-13-19(4)28-24(31)23(21-15-12-14-20(10-2)18-21)30(11-3)25(32)22(16-17-35-8)29-26(33)34-27(5,6)7/h10,12,14-15,18-19,22-23H,2,9,11,13,16-17H2,1,3-8H3,(H,28,31)(H,29,33). The lowest BCUT2D eigenvalue weighted by atomic mass is 9.99. The highest BCUT2D eigenvalue weighted by molar-refractivity contribution is 7.98. The molecule has 1 rings (SSSR count). The van der Waals surface area contributed by atoms with Gasteiger partial charge in [-0.25, -0.2) is 4.79 Å². The maximum atomic E-state index is 13.8. The number of ether oxygens (including phenoxy) is 1. The smallest absolute Gasteiger partial charge is 0.408 e. The van der Waals surface area contributed by atoms with Crippen LogP contribution in [-0.4, -0.2) is 59.0 Å². The number of thioether (sulfide) groups is 1. The van der Waals surface area contributed by atoms with Crippen molar-refractivity contribution in [2.45, 2.75) is 84.5 Å². The molecule has 0 fully saturated rings. The lowest BCUT2D eigenvalue weighted by Crippen LogP contribution is -2.53. The summed E-state index contributed by atoms with van der Waals surface area (Å²) in [6, 6.07) is 5.77. The van der Waals surface area contributed by atoms with Gasteiger partial charge in [-0.15, -0.1) is 0 Å². The van der Waals surface area contributed by atoms with Crippen LogP contribution in [-0.2, 0) is 14.3 Å². The van der Waals surface area contributed by atoms with Crippen LogP contribution in [0, 0.1) is 0 Å². The molecule has 3 unspecified atom stereocenters. The zero-order chi connectivity index (χ0) is 26.6. The molecule has 0 aliphatic heterocycles. The van der Waals surface area contributed by atoms with Gasteiger partial charge in [0.1, 0.15) is 17.7 Å². The first-order valence-corrected chi connectivity index (χ1v) is 13.7. The van der Waals surface area contributed by atoms with Crippen LogP contribution in [0.5, 0.6) is 0 Å². The Bertz CT molecular complexity index is 853. The normalized spacial score (nSPS) is 13.8. The van der Waals surface area contributed by atoms with E-state index in [1.165, 1.54) is 0 Å². The summed E-state index contributed by atoms with van der Waals surface area (Å²) in [5.74, 6) is 0.100. The van der Waals surface area contributed by atoms with E-state index in [2.05, 4.69) is 24.1 Å². The van der Waals surface area contributed by atoms with Crippen LogP contribution < -0.4 is 10.6 Å². The average Bonchev–Trinajstić information content (AvgIpc) is 2.78. The molecule has 0 saturated heterocycles. The average molecular weight is 506 g/mol. The van der Waals surface area contributed by atoms with Gasteiger partial charge >= 0.3 is 6.09 Å². The number of likely N-dealkylation sites (N-methyl/N-ethyl adjacent to an activating group) is 1. The molecule has 1 aromatic rings. The summed E-state index contributed by atoms with van der Waals surface area (Å²) in [5, 5.41) is 5.80. The van der Waals surface area contributed by atoms with Gasteiger partial charge in [0.05, 0.1) is 0 Å². The molecule has 1 aromatic carbocycles. The van der Waals surface area contributed by atoms with Gasteiger partial charge in [-0.05, 0) is 76.7 Å². The number of nitrogens with one attached hydrogen (secondary N) is 2. The predicted octanol–water partition coefficient (Wildman–Crippen LogP) is 5.17. The highest BCUT2D eigenvalue weighted by atomic mass is 32.2. The molecule has 3 amide bonds. The Morgan fingerprint density at radius 2 is 1.86 bits per heavy atom. The summed E-state index contributed by atoms with van der Waals surface area (Å²) < 4.78 is 5.40. The van der Waals surface area contributed by atoms with Gasteiger partial charge in [-0.2, -0.15) is 11.8 Å². The van der Waals surface area contributed by atoms with Crippen LogP contribution in [0.3, 0.4) is 0 Å². The van der Waals surface area contributed by atoms with Crippen molar-refractivity contribution in [2.24, 2.45) is 0 Å². The fourth-order valence-corrected chi connectivity index (χ4v) is 4.24. The SMILES string of the molecule is C=Cc1cccc(C(C(=O)NC(C)CCC)N(CC)C(=O)C(CCSC)NC(=O)OC(C)(C)C)c1. The first-order valence-electron chi connectivity index (χ1n) is 12.3. The van der Waals surface area contributed by atoms with Gasteiger partial charge in [0.15, 0.2) is 0 Å². The van der Waals surface area contributed by atoms with Crippen molar-refractivity contribution in [1.82, 2.24) is 15.5 Å². The van der Waals surface area contributed by atoms with E-state index >= 15 is 0 Å². The fraction of sp³-hybridized carbons (Fsp3) is 0.593. The molecule has 8 heteroatoms. The summed E-state index contributed by atoms with van der Waals surface area (Å²) >= 11 is 1.58. The zero-order valence-electron chi connectivity index (χ0n) is 22.3. The monoisotopic (exact) mass is 505 g/mol. The van der Waals surface area contributed by atoms with E-state index in [1.54, 1.807) is 43.5 Å². The zero-order valence-corrected chi connectivity index (χ0v) is 23.2. The molecule has 7 nitrogen and oxygen atoms in total. The largest absolute Gasteiger partial charge is 0.444 e. The molecule has 0 saturated carbocycles. The molecule has 2 N–H and O–H groups in total. The van der Waals surface area contributed by atoms with Crippen molar-refractivity contribution in [3.63, 3.8) is 0 Å². The first kappa shape index (κ1) is 30.6. The Labute approximate surface area is 215 Å². The van der Waals surface area contributed by atoms with Crippen molar-refractivity contribution in [2.75, 3.05) is 18.6 Å². The third kappa shape index (κ3) is 10.3. The molecule has 35 heavy (non-hydrogen) atoms. The second-order valence-electron chi connectivity index (χ2n) is 9.58. The van der Waals surface area contributed by atoms with E-state index in [4.69, 9.17) is 4.74 Å². The maximum Gasteiger partial charge on any atom is 0.408 e. The van der Waals surface area contributed by atoms with E-state index in [9.17, 15) is 14.4 Å². The Morgan fingerprint density at radius 3 is 2.40 bits per heavy atom. The summed E-state index contributed by atoms with van der Waals surface area (Å²) in [6.07, 6.45) is 5.19. The fourth-order valence-electron chi connectivity index (χ4n) is 3.76. The van der Waals surface area contributed by atoms with Crippen LogP contribution in [0.4, 0.5) is 4.79 Å². The second-order valence-corrected chi connectivity index (χ2v) is 10.6. The molecular formula is C27H43N3O4S. The lowest BCUT2D eigenvalue weighted by Gasteiger charge is -2.34. The molecule has 0 bridgehead atoms. The Morgan fingerprint density at radius 1 is 1.17 bits per heavy atom. The number of alkyl carbamates (subject to hydrolysis) is 1. The van der Waals surface area contributed by atoms with Gasteiger partial charge in [0.2, 0.25) is 11.8 Å². The van der Waals surface area contributed by atoms with Crippen LogP contribution in [0.15, 0.2) is 30.8 Å². The molecule has 0 heterocycles. The Balaban J connectivity index is 3.37. The van der Waals surface area contributed by atoms with Crippen molar-refractivity contribution < 1.29 is 19.1 Å². The van der Waals surface area contributed by atoms with Crippen molar-refractivity contribution in [1.29, 1.82) is 0 Å². The minimum absolute atomic E-state index is 0.0291. The number of carbonyl (C=O) groups is 3. The summed E-state index contributed by atoms with van der Waals surface area (Å²) in [4.78, 5) is 41.4. The highest BCUT2D eigenvalue weighted by Gasteiger charge is 2.35. The quantitative estimate of drug-likeness (QED) is 0.386. The van der Waals surface area contributed by atoms with E-state index in [-0.39, 0.29) is 17.9 Å². The third-order valence-corrected chi connectivity index (χ3v) is 6.00. The highest BCUT2D eigenvalue weighted by Crippen LogP contribution is 2.25. The first-order chi connectivity index (χ1) is 16.5. The molecule has 0 aromatic heterocycles. The van der Waals surface area contributed by atoms with E-state index in [0.717, 1.165) is 18.4 Å². The molecule has 3 atom stereocenters. The third-order valence-electron chi connectivity index (χ3n) is 5.36. The van der Waals surface area contributed by atoms with Crippen molar-refractivity contribution >= 4 is 35.7 Å². The number of nitrogens with zero attached hydrogens (tertiary/aromatic N) is 1. The number of hydrogen-bond acceptors (Lipinski definition) is 5. The molecule has 0 radical (unpaired) electrons. The van der Waals surface area contributed by atoms with Gasteiger partial charge in [0, 0.05) is 12.6 Å². The number of rotatable bonds is 13. The van der Waals surface area contributed by atoms with Crippen LogP contribution in [0.25, 0.3) is 6.08 Å². The van der Waals surface area contributed by atoms with Crippen LogP contribution in [0.2, 0.25) is 0 Å². The molecule has 0 aliphatic carbocycles. The second kappa shape index (κ2) is 14.8.